The van der Waals surface area contributed by atoms with Gasteiger partial charge < -0.3 is 19.0 Å². The minimum absolute atomic E-state index is 0.272. The number of nitrogens with zero attached hydrogens (tertiary/aromatic N) is 2. The minimum atomic E-state index is -1.18. The van der Waals surface area contributed by atoms with Gasteiger partial charge in [-0.05, 0) is 59.7 Å². The number of benzene rings is 2. The Balaban J connectivity index is 1.53. The normalized spacial score (nSPS) is 12.1. The SMILES string of the molecule is COc1ccc(-c2nc3ncccc3[nH]2)c(OCC[S+]([O-])c2ccc(Cl)cc2)c1. The summed E-state index contributed by atoms with van der Waals surface area (Å²) in [4.78, 5) is 12.8. The molecule has 0 saturated carbocycles. The summed E-state index contributed by atoms with van der Waals surface area (Å²) in [6, 6.07) is 16.3. The van der Waals surface area contributed by atoms with Crippen LogP contribution in [0.1, 0.15) is 0 Å². The van der Waals surface area contributed by atoms with Crippen LogP contribution < -0.4 is 9.47 Å². The van der Waals surface area contributed by atoms with Crippen LogP contribution in [0.5, 0.6) is 11.5 Å². The first-order valence-corrected chi connectivity index (χ1v) is 10.6. The summed E-state index contributed by atoms with van der Waals surface area (Å²) in [6.07, 6.45) is 1.70. The summed E-state index contributed by atoms with van der Waals surface area (Å²) in [5.41, 5.74) is 2.25. The molecule has 1 unspecified atom stereocenters. The number of hydrogen-bond acceptors (Lipinski definition) is 5. The molecule has 0 saturated heterocycles. The lowest BCUT2D eigenvalue weighted by atomic mass is 10.2. The van der Waals surface area contributed by atoms with E-state index in [9.17, 15) is 4.55 Å². The van der Waals surface area contributed by atoms with E-state index in [1.165, 1.54) is 0 Å². The Labute approximate surface area is 176 Å². The minimum Gasteiger partial charge on any atom is -0.611 e. The Morgan fingerprint density at radius 2 is 1.97 bits per heavy atom. The molecule has 2 aromatic heterocycles. The van der Waals surface area contributed by atoms with Gasteiger partial charge in [0.1, 0.15) is 29.7 Å². The monoisotopic (exact) mass is 427 g/mol. The number of imidazole rings is 1. The molecular weight excluding hydrogens is 410 g/mol. The molecule has 0 bridgehead atoms. The predicted molar refractivity (Wildman–Crippen MR) is 114 cm³/mol. The number of H-pyrrole nitrogens is 1. The van der Waals surface area contributed by atoms with E-state index in [2.05, 4.69) is 15.0 Å². The topological polar surface area (TPSA) is 83.1 Å². The number of halogens is 1. The highest BCUT2D eigenvalue weighted by atomic mass is 35.5. The molecule has 0 amide bonds. The number of methoxy groups -OCH3 is 1. The summed E-state index contributed by atoms with van der Waals surface area (Å²) in [7, 11) is 1.60. The van der Waals surface area contributed by atoms with E-state index in [4.69, 9.17) is 21.1 Å². The van der Waals surface area contributed by atoms with Crippen LogP contribution in [-0.4, -0.2) is 39.0 Å². The molecule has 0 aliphatic heterocycles. The average Bonchev–Trinajstić information content (AvgIpc) is 3.18. The third-order valence-corrected chi connectivity index (χ3v) is 5.89. The second-order valence-corrected chi connectivity index (χ2v) is 8.18. The van der Waals surface area contributed by atoms with Crippen LogP contribution in [0.3, 0.4) is 0 Å². The summed E-state index contributed by atoms with van der Waals surface area (Å²) in [5, 5.41) is 0.614. The van der Waals surface area contributed by atoms with Crippen LogP contribution >= 0.6 is 11.6 Å². The van der Waals surface area contributed by atoms with Gasteiger partial charge in [-0.15, -0.1) is 0 Å². The molecule has 2 aromatic carbocycles. The molecule has 29 heavy (non-hydrogen) atoms. The molecule has 4 rings (SSSR count). The Morgan fingerprint density at radius 3 is 2.72 bits per heavy atom. The smallest absolute Gasteiger partial charge is 0.178 e. The van der Waals surface area contributed by atoms with Crippen molar-refractivity contribution in [1.82, 2.24) is 15.0 Å². The molecule has 0 aliphatic rings. The summed E-state index contributed by atoms with van der Waals surface area (Å²) in [5.74, 6) is 2.25. The van der Waals surface area contributed by atoms with E-state index in [0.717, 1.165) is 11.1 Å². The number of aromatic amines is 1. The summed E-state index contributed by atoms with van der Waals surface area (Å²) in [6.45, 7) is 0.272. The van der Waals surface area contributed by atoms with E-state index >= 15 is 0 Å². The van der Waals surface area contributed by atoms with Gasteiger partial charge in [-0.1, -0.05) is 11.6 Å². The van der Waals surface area contributed by atoms with Crippen LogP contribution in [0.15, 0.2) is 65.7 Å². The first-order chi connectivity index (χ1) is 14.1. The zero-order valence-electron chi connectivity index (χ0n) is 15.6. The molecule has 0 fully saturated rings. The maximum Gasteiger partial charge on any atom is 0.178 e. The van der Waals surface area contributed by atoms with Gasteiger partial charge in [-0.25, -0.2) is 9.97 Å². The molecule has 0 spiro atoms. The summed E-state index contributed by atoms with van der Waals surface area (Å²) < 4.78 is 23.8. The van der Waals surface area contributed by atoms with Crippen molar-refractivity contribution in [3.8, 4) is 22.9 Å². The van der Waals surface area contributed by atoms with Crippen molar-refractivity contribution in [2.24, 2.45) is 0 Å². The van der Waals surface area contributed by atoms with Crippen LogP contribution in [0.2, 0.25) is 5.02 Å². The average molecular weight is 428 g/mol. The fourth-order valence-electron chi connectivity index (χ4n) is 2.85. The number of nitrogens with one attached hydrogen (secondary N) is 1. The van der Waals surface area contributed by atoms with Crippen molar-refractivity contribution >= 4 is 33.9 Å². The quantitative estimate of drug-likeness (QED) is 0.440. The van der Waals surface area contributed by atoms with Gasteiger partial charge in [-0.2, -0.15) is 0 Å². The Hall–Kier alpha value is -2.74. The lowest BCUT2D eigenvalue weighted by molar-refractivity contribution is 0.338. The molecule has 6 nitrogen and oxygen atoms in total. The number of ether oxygens (including phenoxy) is 2. The highest BCUT2D eigenvalue weighted by Gasteiger charge is 2.15. The fourth-order valence-corrected chi connectivity index (χ4v) is 3.88. The maximum absolute atomic E-state index is 12.5. The third-order valence-electron chi connectivity index (χ3n) is 4.30. The molecule has 0 radical (unpaired) electrons. The number of aromatic nitrogens is 3. The number of hydrogen-bond donors (Lipinski definition) is 1. The van der Waals surface area contributed by atoms with E-state index in [-0.39, 0.29) is 6.61 Å². The van der Waals surface area contributed by atoms with Gasteiger partial charge in [0.05, 0.1) is 18.2 Å². The van der Waals surface area contributed by atoms with Crippen LogP contribution in [0.4, 0.5) is 0 Å². The zero-order chi connectivity index (χ0) is 20.2. The Kier molecular flexibility index (Phi) is 5.89. The van der Waals surface area contributed by atoms with Gasteiger partial charge in [0, 0.05) is 17.3 Å². The first-order valence-electron chi connectivity index (χ1n) is 8.90. The molecule has 1 N–H and O–H groups in total. The van der Waals surface area contributed by atoms with Crippen molar-refractivity contribution in [3.05, 3.63) is 65.8 Å². The van der Waals surface area contributed by atoms with Crippen molar-refractivity contribution in [2.75, 3.05) is 19.5 Å². The van der Waals surface area contributed by atoms with Gasteiger partial charge in [0.15, 0.2) is 10.5 Å². The first kappa shape index (κ1) is 19.6. The van der Waals surface area contributed by atoms with Crippen molar-refractivity contribution in [3.63, 3.8) is 0 Å². The molecule has 0 aliphatic carbocycles. The Morgan fingerprint density at radius 1 is 1.14 bits per heavy atom. The fraction of sp³-hybridized carbons (Fsp3) is 0.143. The van der Waals surface area contributed by atoms with E-state index in [0.29, 0.717) is 38.6 Å². The highest BCUT2D eigenvalue weighted by molar-refractivity contribution is 7.91. The molecule has 2 heterocycles. The van der Waals surface area contributed by atoms with Gasteiger partial charge in [0.25, 0.3) is 0 Å². The Bertz CT molecular complexity index is 1080. The predicted octanol–water partition coefficient (Wildman–Crippen LogP) is 4.47. The number of rotatable bonds is 7. The maximum atomic E-state index is 12.5. The van der Waals surface area contributed by atoms with E-state index in [1.807, 2.05) is 24.3 Å². The lowest BCUT2D eigenvalue weighted by Crippen LogP contribution is -2.14. The largest absolute Gasteiger partial charge is 0.611 e. The highest BCUT2D eigenvalue weighted by Crippen LogP contribution is 2.33. The molecular formula is C21H18ClN3O3S. The second-order valence-electron chi connectivity index (χ2n) is 6.17. The van der Waals surface area contributed by atoms with Gasteiger partial charge in [-0.3, -0.25) is 0 Å². The lowest BCUT2D eigenvalue weighted by Gasteiger charge is -2.14. The molecule has 148 valence electrons. The van der Waals surface area contributed by atoms with E-state index in [1.54, 1.807) is 43.6 Å². The van der Waals surface area contributed by atoms with Gasteiger partial charge >= 0.3 is 0 Å². The number of pyridine rings is 1. The van der Waals surface area contributed by atoms with Gasteiger partial charge in [0.2, 0.25) is 0 Å². The number of fused-ring (bicyclic) bond motifs is 1. The van der Waals surface area contributed by atoms with Crippen molar-refractivity contribution in [2.45, 2.75) is 4.90 Å². The zero-order valence-corrected chi connectivity index (χ0v) is 17.2. The van der Waals surface area contributed by atoms with Crippen molar-refractivity contribution in [1.29, 1.82) is 0 Å². The second kappa shape index (κ2) is 8.73. The van der Waals surface area contributed by atoms with E-state index < -0.39 is 11.2 Å². The third kappa shape index (κ3) is 4.48. The van der Waals surface area contributed by atoms with Crippen LogP contribution in [0, 0.1) is 0 Å². The molecule has 1 atom stereocenters. The summed E-state index contributed by atoms with van der Waals surface area (Å²) >= 11 is 4.70. The standard InChI is InChI=1S/C21H18ClN3O3S/c1-27-15-6-9-17(20-24-18-3-2-10-23-21(18)25-20)19(13-15)28-11-12-29(26)16-7-4-14(22)5-8-16/h2-10,13H,11-12H2,1H3,(H,23,24,25). The molecule has 4 aromatic rings. The van der Waals surface area contributed by atoms with Crippen molar-refractivity contribution < 1.29 is 14.0 Å². The van der Waals surface area contributed by atoms with Crippen LogP contribution in [-0.2, 0) is 11.2 Å². The molecule has 8 heteroatoms. The van der Waals surface area contributed by atoms with Crippen LogP contribution in [0.25, 0.3) is 22.6 Å².